The third-order valence-corrected chi connectivity index (χ3v) is 7.19. The molecule has 1 N–H and O–H groups in total. The first kappa shape index (κ1) is 22.4. The van der Waals surface area contributed by atoms with Crippen LogP contribution in [-0.4, -0.2) is 41.6 Å². The highest BCUT2D eigenvalue weighted by atomic mass is 19.1. The van der Waals surface area contributed by atoms with Crippen molar-refractivity contribution in [2.24, 2.45) is 11.8 Å². The number of benzene rings is 2. The summed E-state index contributed by atoms with van der Waals surface area (Å²) in [7, 11) is 0. The summed E-state index contributed by atoms with van der Waals surface area (Å²) < 4.78 is 24.9. The fraction of sp³-hybridized carbons (Fsp3) is 0.519. The highest BCUT2D eigenvalue weighted by Crippen LogP contribution is 2.46. The molecule has 2 aliphatic heterocycles. The van der Waals surface area contributed by atoms with Gasteiger partial charge in [-0.05, 0) is 59.9 Å². The Balaban J connectivity index is 1.44. The number of hydrogen-bond acceptors (Lipinski definition) is 4. The molecule has 1 spiro atoms. The van der Waals surface area contributed by atoms with Crippen molar-refractivity contribution in [1.29, 1.82) is 0 Å². The monoisotopic (exact) mass is 452 g/mol. The molecule has 0 radical (unpaired) electrons. The Hall–Kier alpha value is -2.44. The number of carbonyl (C=O) groups is 1. The number of nitrogens with one attached hydrogen (secondary N) is 1. The van der Waals surface area contributed by atoms with Crippen LogP contribution in [0.25, 0.3) is 0 Å². The Labute approximate surface area is 195 Å². The number of hydrogen-bond donors (Lipinski definition) is 1. The van der Waals surface area contributed by atoms with Gasteiger partial charge in [0.05, 0.1) is 18.7 Å². The summed E-state index contributed by atoms with van der Waals surface area (Å²) in [5, 5.41) is 3.37. The van der Waals surface area contributed by atoms with E-state index >= 15 is 0 Å². The summed E-state index contributed by atoms with van der Waals surface area (Å²) in [4.78, 5) is 15.7. The molecule has 1 amide bonds. The lowest BCUT2D eigenvalue weighted by atomic mass is 9.84. The fourth-order valence-electron chi connectivity index (χ4n) is 5.71. The van der Waals surface area contributed by atoms with Gasteiger partial charge in [0, 0.05) is 13.5 Å². The van der Waals surface area contributed by atoms with Gasteiger partial charge in [-0.3, -0.25) is 9.69 Å². The van der Waals surface area contributed by atoms with Gasteiger partial charge in [0.25, 0.3) is 0 Å². The fourth-order valence-corrected chi connectivity index (χ4v) is 5.71. The molecule has 2 aromatic rings. The van der Waals surface area contributed by atoms with Crippen LogP contribution in [0.15, 0.2) is 48.5 Å². The number of halogens is 1. The minimum Gasteiger partial charge on any atom is -0.461 e. The topological polar surface area (TPSA) is 54.1 Å². The molecule has 5 rings (SSSR count). The van der Waals surface area contributed by atoms with Crippen LogP contribution in [0.5, 0.6) is 5.75 Å². The van der Waals surface area contributed by atoms with E-state index in [1.807, 2.05) is 18.2 Å². The van der Waals surface area contributed by atoms with Gasteiger partial charge in [0.2, 0.25) is 12.3 Å². The van der Waals surface area contributed by atoms with E-state index in [-0.39, 0.29) is 18.0 Å². The Kier molecular flexibility index (Phi) is 5.91. The second-order valence-electron chi connectivity index (χ2n) is 10.1. The van der Waals surface area contributed by atoms with Crippen LogP contribution >= 0.6 is 0 Å². The van der Waals surface area contributed by atoms with Crippen LogP contribution in [-0.2, 0) is 28.9 Å². The first-order chi connectivity index (χ1) is 15.9. The van der Waals surface area contributed by atoms with Gasteiger partial charge in [0.1, 0.15) is 5.75 Å². The van der Waals surface area contributed by atoms with Crippen LogP contribution in [0, 0.1) is 11.8 Å². The Bertz CT molecular complexity index is 995. The van der Waals surface area contributed by atoms with Crippen LogP contribution in [0.3, 0.4) is 0 Å². The maximum atomic E-state index is 13.4. The first-order valence-corrected chi connectivity index (χ1v) is 12.0. The largest absolute Gasteiger partial charge is 0.461 e. The Morgan fingerprint density at radius 1 is 1.15 bits per heavy atom. The van der Waals surface area contributed by atoms with Gasteiger partial charge in [-0.25, -0.2) is 4.39 Å². The van der Waals surface area contributed by atoms with Crippen molar-refractivity contribution in [2.45, 2.75) is 70.7 Å². The van der Waals surface area contributed by atoms with Crippen molar-refractivity contribution in [3.05, 3.63) is 65.2 Å². The third kappa shape index (κ3) is 4.38. The van der Waals surface area contributed by atoms with Crippen molar-refractivity contribution in [3.8, 4) is 5.75 Å². The van der Waals surface area contributed by atoms with Gasteiger partial charge in [-0.2, -0.15) is 0 Å². The van der Waals surface area contributed by atoms with E-state index in [2.05, 4.69) is 48.3 Å². The molecule has 4 atom stereocenters. The summed E-state index contributed by atoms with van der Waals surface area (Å²) in [5.74, 6) is 1.25. The maximum Gasteiger partial charge on any atom is 0.237 e. The van der Waals surface area contributed by atoms with Gasteiger partial charge in [-0.15, -0.1) is 0 Å². The van der Waals surface area contributed by atoms with E-state index in [0.717, 1.165) is 24.8 Å². The molecule has 0 aromatic heterocycles. The second kappa shape index (κ2) is 8.73. The predicted octanol–water partition coefficient (Wildman–Crippen LogP) is 4.24. The number of amides is 1. The zero-order valence-corrected chi connectivity index (χ0v) is 19.6. The molecule has 5 nitrogen and oxygen atoms in total. The van der Waals surface area contributed by atoms with E-state index in [0.29, 0.717) is 30.7 Å². The predicted molar refractivity (Wildman–Crippen MR) is 124 cm³/mol. The lowest BCUT2D eigenvalue weighted by Gasteiger charge is -2.47. The standard InChI is InChI=1S/C27H33FN2O3/c1-17(2)11-24-26(31)29-25(22-13-20-8-4-5-9-21(20)14-22)27(16-32-27)30(24)15-19-7-6-10-23(12-19)33-18(3)28/h4-10,12,17-18,22,24-25H,11,13-16H2,1-3H3,(H,29,31)/t18?,24-,25-,27?/m1/s1. The molecule has 176 valence electrons. The molecule has 3 aliphatic rings. The van der Waals surface area contributed by atoms with E-state index in [9.17, 15) is 9.18 Å². The van der Waals surface area contributed by atoms with Crippen molar-refractivity contribution >= 4 is 5.91 Å². The molecule has 33 heavy (non-hydrogen) atoms. The van der Waals surface area contributed by atoms with E-state index < -0.39 is 12.1 Å². The lowest BCUT2D eigenvalue weighted by Crippen LogP contribution is -2.69. The number of piperazine rings is 1. The van der Waals surface area contributed by atoms with Crippen LogP contribution in [0.2, 0.25) is 0 Å². The summed E-state index contributed by atoms with van der Waals surface area (Å²) >= 11 is 0. The third-order valence-electron chi connectivity index (χ3n) is 7.19. The molecule has 2 unspecified atom stereocenters. The van der Waals surface area contributed by atoms with Gasteiger partial charge in [0.15, 0.2) is 5.72 Å². The normalized spacial score (nSPS) is 28.1. The number of fused-ring (bicyclic) bond motifs is 1. The highest BCUT2D eigenvalue weighted by Gasteiger charge is 2.64. The number of epoxide rings is 1. The first-order valence-electron chi connectivity index (χ1n) is 12.0. The zero-order valence-electron chi connectivity index (χ0n) is 19.6. The van der Waals surface area contributed by atoms with E-state index in [1.165, 1.54) is 18.1 Å². The molecule has 2 fully saturated rings. The highest BCUT2D eigenvalue weighted by molar-refractivity contribution is 5.83. The average Bonchev–Trinajstić information content (AvgIpc) is 3.43. The van der Waals surface area contributed by atoms with Crippen LogP contribution in [0.1, 0.15) is 43.9 Å². The minimum absolute atomic E-state index is 0.0638. The van der Waals surface area contributed by atoms with Gasteiger partial charge >= 0.3 is 0 Å². The second-order valence-corrected chi connectivity index (χ2v) is 10.1. The summed E-state index contributed by atoms with van der Waals surface area (Å²) in [6, 6.07) is 15.7. The Morgan fingerprint density at radius 2 is 1.85 bits per heavy atom. The number of nitrogens with zero attached hydrogens (tertiary/aromatic N) is 1. The van der Waals surface area contributed by atoms with Crippen LogP contribution < -0.4 is 10.1 Å². The quantitative estimate of drug-likeness (QED) is 0.639. The lowest BCUT2D eigenvalue weighted by molar-refractivity contribution is -0.143. The summed E-state index contributed by atoms with van der Waals surface area (Å²) in [6.45, 7) is 6.82. The van der Waals surface area contributed by atoms with E-state index in [1.54, 1.807) is 6.07 Å². The molecule has 1 aliphatic carbocycles. The van der Waals surface area contributed by atoms with E-state index in [4.69, 9.17) is 9.47 Å². The molecule has 2 heterocycles. The number of ether oxygens (including phenoxy) is 2. The molecule has 2 aromatic carbocycles. The minimum atomic E-state index is -1.37. The number of carbonyl (C=O) groups excluding carboxylic acids is 1. The smallest absolute Gasteiger partial charge is 0.237 e. The summed E-state index contributed by atoms with van der Waals surface area (Å²) in [5.41, 5.74) is 3.23. The molecule has 0 saturated carbocycles. The summed E-state index contributed by atoms with van der Waals surface area (Å²) in [6.07, 6.45) is 1.28. The molecular formula is C27H33FN2O3. The molecule has 2 saturated heterocycles. The van der Waals surface area contributed by atoms with Crippen molar-refractivity contribution in [2.75, 3.05) is 6.61 Å². The SMILES string of the molecule is CC(C)C[C@@H]1C(=O)N[C@H](C2Cc3ccccc3C2)C2(CO2)N1Cc1cccc(OC(C)F)c1. The number of rotatable bonds is 7. The number of alkyl halides is 1. The molecular weight excluding hydrogens is 419 g/mol. The Morgan fingerprint density at radius 3 is 2.45 bits per heavy atom. The zero-order chi connectivity index (χ0) is 23.2. The maximum absolute atomic E-state index is 13.4. The van der Waals surface area contributed by atoms with Gasteiger partial charge in [-0.1, -0.05) is 50.2 Å². The van der Waals surface area contributed by atoms with Gasteiger partial charge < -0.3 is 14.8 Å². The van der Waals surface area contributed by atoms with Crippen molar-refractivity contribution in [3.63, 3.8) is 0 Å². The molecule has 0 bridgehead atoms. The molecule has 6 heteroatoms. The van der Waals surface area contributed by atoms with Crippen molar-refractivity contribution < 1.29 is 18.7 Å². The van der Waals surface area contributed by atoms with Crippen LogP contribution in [0.4, 0.5) is 4.39 Å². The average molecular weight is 453 g/mol. The van der Waals surface area contributed by atoms with Crippen molar-refractivity contribution in [1.82, 2.24) is 10.2 Å².